The number of phenols is 1. The van der Waals surface area contributed by atoms with Crippen molar-refractivity contribution in [2.75, 3.05) is 13.1 Å². The number of nitrogens with one attached hydrogen (secondary N) is 2. The van der Waals surface area contributed by atoms with Crippen LogP contribution in [0.2, 0.25) is 0 Å². The van der Waals surface area contributed by atoms with Gasteiger partial charge < -0.3 is 20.2 Å². The van der Waals surface area contributed by atoms with E-state index in [4.69, 9.17) is 4.42 Å². The SMILES string of the molecule is Cc1cc2occ(CC(=O)NCCCNC(=O)c3ccc(O)cc3)c2cc1C(C)C. The molecule has 0 aliphatic heterocycles. The van der Waals surface area contributed by atoms with Gasteiger partial charge in [0, 0.05) is 29.6 Å². The number of fused-ring (bicyclic) bond motifs is 1. The zero-order valence-corrected chi connectivity index (χ0v) is 17.6. The standard InChI is InChI=1S/C24H28N2O4/c1-15(2)20-13-21-18(14-30-22(21)11-16(20)3)12-23(28)25-9-4-10-26-24(29)17-5-7-19(27)8-6-17/h5-8,11,13-15,27H,4,9-10,12H2,1-3H3,(H,25,28)(H,26,29). The summed E-state index contributed by atoms with van der Waals surface area (Å²) in [7, 11) is 0. The number of benzene rings is 2. The Morgan fingerprint density at radius 1 is 1.07 bits per heavy atom. The third-order valence-electron chi connectivity index (χ3n) is 5.11. The van der Waals surface area contributed by atoms with Crippen LogP contribution in [-0.2, 0) is 11.2 Å². The molecule has 1 aromatic heterocycles. The van der Waals surface area contributed by atoms with Gasteiger partial charge >= 0.3 is 0 Å². The van der Waals surface area contributed by atoms with E-state index in [9.17, 15) is 14.7 Å². The van der Waals surface area contributed by atoms with Crippen molar-refractivity contribution in [2.24, 2.45) is 0 Å². The number of rotatable bonds is 8. The van der Waals surface area contributed by atoms with Crippen LogP contribution in [0.15, 0.2) is 47.1 Å². The molecule has 0 aliphatic rings. The summed E-state index contributed by atoms with van der Waals surface area (Å²) < 4.78 is 5.64. The van der Waals surface area contributed by atoms with E-state index < -0.39 is 0 Å². The Balaban J connectivity index is 1.46. The molecule has 3 rings (SSSR count). The molecule has 0 radical (unpaired) electrons. The lowest BCUT2D eigenvalue weighted by Gasteiger charge is -2.10. The molecule has 2 amide bonds. The maximum Gasteiger partial charge on any atom is 0.251 e. The fourth-order valence-corrected chi connectivity index (χ4v) is 3.47. The average molecular weight is 408 g/mol. The summed E-state index contributed by atoms with van der Waals surface area (Å²) in [6.07, 6.45) is 2.54. The minimum atomic E-state index is -0.206. The first-order chi connectivity index (χ1) is 14.3. The van der Waals surface area contributed by atoms with Crippen molar-refractivity contribution in [1.29, 1.82) is 0 Å². The van der Waals surface area contributed by atoms with Crippen molar-refractivity contribution in [3.8, 4) is 5.75 Å². The predicted octanol–water partition coefficient (Wildman–Crippen LogP) is 4.05. The number of hydrogen-bond acceptors (Lipinski definition) is 4. The van der Waals surface area contributed by atoms with E-state index >= 15 is 0 Å². The molecular formula is C24H28N2O4. The molecule has 6 heteroatoms. The lowest BCUT2D eigenvalue weighted by Crippen LogP contribution is -2.30. The van der Waals surface area contributed by atoms with Crippen LogP contribution in [0.4, 0.5) is 0 Å². The average Bonchev–Trinajstić information content (AvgIpc) is 3.08. The molecule has 3 aromatic rings. The fourth-order valence-electron chi connectivity index (χ4n) is 3.47. The van der Waals surface area contributed by atoms with E-state index in [-0.39, 0.29) is 24.0 Å². The van der Waals surface area contributed by atoms with Crippen LogP contribution in [0.25, 0.3) is 11.0 Å². The molecule has 2 aromatic carbocycles. The van der Waals surface area contributed by atoms with Gasteiger partial charge in [-0.2, -0.15) is 0 Å². The molecule has 0 atom stereocenters. The van der Waals surface area contributed by atoms with Crippen LogP contribution >= 0.6 is 0 Å². The molecule has 0 unspecified atom stereocenters. The van der Waals surface area contributed by atoms with Crippen molar-refractivity contribution >= 4 is 22.8 Å². The van der Waals surface area contributed by atoms with Crippen LogP contribution in [0.1, 0.15) is 53.2 Å². The maximum absolute atomic E-state index is 12.3. The third-order valence-corrected chi connectivity index (χ3v) is 5.11. The van der Waals surface area contributed by atoms with Crippen molar-refractivity contribution in [3.05, 3.63) is 64.9 Å². The van der Waals surface area contributed by atoms with Gasteiger partial charge in [-0.3, -0.25) is 9.59 Å². The molecule has 1 heterocycles. The zero-order chi connectivity index (χ0) is 21.7. The minimum absolute atomic E-state index is 0.0748. The van der Waals surface area contributed by atoms with Crippen molar-refractivity contribution < 1.29 is 19.1 Å². The van der Waals surface area contributed by atoms with E-state index in [1.807, 2.05) is 6.07 Å². The Kier molecular flexibility index (Phi) is 6.77. The number of aryl methyl sites for hydroxylation is 1. The second kappa shape index (κ2) is 9.48. The highest BCUT2D eigenvalue weighted by Crippen LogP contribution is 2.29. The van der Waals surface area contributed by atoms with Gasteiger partial charge in [-0.05, 0) is 66.8 Å². The van der Waals surface area contributed by atoms with E-state index in [0.717, 1.165) is 16.5 Å². The fraction of sp³-hybridized carbons (Fsp3) is 0.333. The first-order valence-electron chi connectivity index (χ1n) is 10.2. The molecule has 158 valence electrons. The Hall–Kier alpha value is -3.28. The smallest absolute Gasteiger partial charge is 0.251 e. The van der Waals surface area contributed by atoms with E-state index in [0.29, 0.717) is 31.0 Å². The highest BCUT2D eigenvalue weighted by Gasteiger charge is 2.14. The Morgan fingerprint density at radius 3 is 2.47 bits per heavy atom. The number of carbonyl (C=O) groups is 2. The number of carbonyl (C=O) groups excluding carboxylic acids is 2. The molecule has 0 bridgehead atoms. The summed E-state index contributed by atoms with van der Waals surface area (Å²) in [5.41, 5.74) is 4.62. The quantitative estimate of drug-likeness (QED) is 0.491. The monoisotopic (exact) mass is 408 g/mol. The largest absolute Gasteiger partial charge is 0.508 e. The first-order valence-corrected chi connectivity index (χ1v) is 10.2. The van der Waals surface area contributed by atoms with Crippen LogP contribution in [0, 0.1) is 6.92 Å². The van der Waals surface area contributed by atoms with Gasteiger partial charge in [0.15, 0.2) is 0 Å². The molecule has 0 aliphatic carbocycles. The predicted molar refractivity (Wildman–Crippen MR) is 117 cm³/mol. The van der Waals surface area contributed by atoms with E-state index in [1.54, 1.807) is 18.4 Å². The number of amides is 2. The van der Waals surface area contributed by atoms with Crippen molar-refractivity contribution in [1.82, 2.24) is 10.6 Å². The van der Waals surface area contributed by atoms with Crippen molar-refractivity contribution in [3.63, 3.8) is 0 Å². The Morgan fingerprint density at radius 2 is 1.77 bits per heavy atom. The van der Waals surface area contributed by atoms with Crippen LogP contribution in [0.5, 0.6) is 5.75 Å². The van der Waals surface area contributed by atoms with Gasteiger partial charge in [0.1, 0.15) is 11.3 Å². The third kappa shape index (κ3) is 5.20. The number of aromatic hydroxyl groups is 1. The molecule has 0 saturated carbocycles. The molecule has 3 N–H and O–H groups in total. The van der Waals surface area contributed by atoms with Gasteiger partial charge in [-0.25, -0.2) is 0 Å². The second-order valence-corrected chi connectivity index (χ2v) is 7.80. The Labute approximate surface area is 176 Å². The summed E-state index contributed by atoms with van der Waals surface area (Å²) in [4.78, 5) is 24.3. The van der Waals surface area contributed by atoms with Crippen LogP contribution in [-0.4, -0.2) is 30.0 Å². The van der Waals surface area contributed by atoms with Crippen LogP contribution < -0.4 is 10.6 Å². The summed E-state index contributed by atoms with van der Waals surface area (Å²) in [5.74, 6) is 0.245. The molecule has 30 heavy (non-hydrogen) atoms. The van der Waals surface area contributed by atoms with Gasteiger partial charge in [-0.15, -0.1) is 0 Å². The number of furan rings is 1. The second-order valence-electron chi connectivity index (χ2n) is 7.80. The zero-order valence-electron chi connectivity index (χ0n) is 17.6. The number of phenolic OH excluding ortho intramolecular Hbond substituents is 1. The lowest BCUT2D eigenvalue weighted by molar-refractivity contribution is -0.120. The minimum Gasteiger partial charge on any atom is -0.508 e. The topological polar surface area (TPSA) is 91.6 Å². The van der Waals surface area contributed by atoms with Gasteiger partial charge in [0.2, 0.25) is 5.91 Å². The molecular weight excluding hydrogens is 380 g/mol. The highest BCUT2D eigenvalue weighted by atomic mass is 16.3. The number of hydrogen-bond donors (Lipinski definition) is 3. The molecule has 0 saturated heterocycles. The molecule has 0 spiro atoms. The van der Waals surface area contributed by atoms with Gasteiger partial charge in [-0.1, -0.05) is 13.8 Å². The first kappa shape index (κ1) is 21.4. The summed E-state index contributed by atoms with van der Waals surface area (Å²) in [6.45, 7) is 7.30. The van der Waals surface area contributed by atoms with Gasteiger partial charge in [0.25, 0.3) is 5.91 Å². The van der Waals surface area contributed by atoms with Crippen molar-refractivity contribution in [2.45, 2.75) is 39.5 Å². The highest BCUT2D eigenvalue weighted by molar-refractivity contribution is 5.94. The molecule has 6 nitrogen and oxygen atoms in total. The summed E-state index contributed by atoms with van der Waals surface area (Å²) in [5, 5.41) is 15.9. The van der Waals surface area contributed by atoms with Crippen LogP contribution in [0.3, 0.4) is 0 Å². The maximum atomic E-state index is 12.3. The summed E-state index contributed by atoms with van der Waals surface area (Å²) in [6, 6.07) is 10.2. The summed E-state index contributed by atoms with van der Waals surface area (Å²) >= 11 is 0. The normalized spacial score (nSPS) is 11.1. The Bertz CT molecular complexity index is 1040. The molecule has 0 fully saturated rings. The lowest BCUT2D eigenvalue weighted by atomic mass is 9.95. The van der Waals surface area contributed by atoms with E-state index in [1.165, 1.54) is 23.3 Å². The van der Waals surface area contributed by atoms with E-state index in [2.05, 4.69) is 37.5 Å². The van der Waals surface area contributed by atoms with Gasteiger partial charge in [0.05, 0.1) is 12.7 Å².